The number of aryl methyl sites for hydroxylation is 4. The fourth-order valence-corrected chi connectivity index (χ4v) is 8.45. The Morgan fingerprint density at radius 1 is 0.467 bits per heavy atom. The summed E-state index contributed by atoms with van der Waals surface area (Å²) in [6.07, 6.45) is -4.64. The molecule has 0 spiro atoms. The Hall–Kier alpha value is -7.78. The fraction of sp³-hybridized carbons (Fsp3) is 0.104. The molecular formula is C48H32F3N9. The van der Waals surface area contributed by atoms with Gasteiger partial charge in [0.1, 0.15) is 34.9 Å². The number of para-hydroxylation sites is 2. The van der Waals surface area contributed by atoms with E-state index < -0.39 is 11.7 Å². The van der Waals surface area contributed by atoms with Crippen LogP contribution in [0.4, 0.5) is 13.2 Å². The lowest BCUT2D eigenvalue weighted by Gasteiger charge is -2.20. The lowest BCUT2D eigenvalue weighted by Crippen LogP contribution is -2.09. The molecule has 0 saturated carbocycles. The van der Waals surface area contributed by atoms with Crippen molar-refractivity contribution in [2.45, 2.75) is 33.9 Å². The monoisotopic (exact) mass is 791 g/mol. The number of rotatable bonds is 5. The molecule has 6 aromatic carbocycles. The molecule has 10 aromatic rings. The van der Waals surface area contributed by atoms with Gasteiger partial charge < -0.3 is 9.13 Å². The van der Waals surface area contributed by atoms with Gasteiger partial charge in [-0.15, -0.1) is 0 Å². The summed E-state index contributed by atoms with van der Waals surface area (Å²) in [5.41, 5.74) is 5.22. The van der Waals surface area contributed by atoms with Crippen LogP contribution in [-0.4, -0.2) is 39.0 Å². The number of aromatic nitrogens is 8. The molecule has 290 valence electrons. The van der Waals surface area contributed by atoms with Crippen LogP contribution >= 0.6 is 0 Å². The molecule has 0 aliphatic carbocycles. The normalized spacial score (nSPS) is 11.9. The molecular weight excluding hydrogens is 760 g/mol. The zero-order chi connectivity index (χ0) is 41.4. The third kappa shape index (κ3) is 5.93. The van der Waals surface area contributed by atoms with Crippen LogP contribution in [0, 0.1) is 39.0 Å². The molecule has 0 atom stereocenters. The molecule has 0 fully saturated rings. The number of hydrogen-bond acceptors (Lipinski definition) is 7. The Morgan fingerprint density at radius 2 is 0.883 bits per heavy atom. The Bertz CT molecular complexity index is 3220. The minimum absolute atomic E-state index is 0.00996. The van der Waals surface area contributed by atoms with Crippen molar-refractivity contribution in [2.24, 2.45) is 0 Å². The van der Waals surface area contributed by atoms with E-state index in [2.05, 4.69) is 36.0 Å². The smallest absolute Gasteiger partial charge is 0.308 e. The van der Waals surface area contributed by atoms with Crippen molar-refractivity contribution in [1.29, 1.82) is 5.26 Å². The fourth-order valence-electron chi connectivity index (χ4n) is 8.45. The van der Waals surface area contributed by atoms with E-state index in [9.17, 15) is 18.4 Å². The Kier molecular flexibility index (Phi) is 8.33. The van der Waals surface area contributed by atoms with E-state index in [-0.39, 0.29) is 11.1 Å². The predicted molar refractivity (Wildman–Crippen MR) is 227 cm³/mol. The Labute approximate surface area is 341 Å². The number of halogens is 3. The number of nitrogens with zero attached hydrogens (tertiary/aromatic N) is 9. The highest BCUT2D eigenvalue weighted by Crippen LogP contribution is 2.43. The third-order valence-electron chi connectivity index (χ3n) is 10.8. The summed E-state index contributed by atoms with van der Waals surface area (Å²) in [7, 11) is 0. The van der Waals surface area contributed by atoms with Gasteiger partial charge in [-0.2, -0.15) is 18.4 Å². The van der Waals surface area contributed by atoms with Gasteiger partial charge >= 0.3 is 6.18 Å². The lowest BCUT2D eigenvalue weighted by molar-refractivity contribution is -0.137. The maximum absolute atomic E-state index is 14.8. The first-order chi connectivity index (χ1) is 29.0. The van der Waals surface area contributed by atoms with Crippen molar-refractivity contribution < 1.29 is 13.2 Å². The van der Waals surface area contributed by atoms with Gasteiger partial charge in [-0.05, 0) is 106 Å². The van der Waals surface area contributed by atoms with Gasteiger partial charge in [0.2, 0.25) is 0 Å². The molecule has 0 radical (unpaired) electrons. The van der Waals surface area contributed by atoms with E-state index in [1.54, 1.807) is 18.2 Å². The summed E-state index contributed by atoms with van der Waals surface area (Å²) in [6, 6.07) is 38.8. The molecule has 4 heterocycles. The van der Waals surface area contributed by atoms with Crippen molar-refractivity contribution in [3.63, 3.8) is 0 Å². The van der Waals surface area contributed by atoms with Gasteiger partial charge in [-0.1, -0.05) is 54.6 Å². The minimum atomic E-state index is -4.64. The van der Waals surface area contributed by atoms with Crippen molar-refractivity contribution in [1.82, 2.24) is 39.0 Å². The first-order valence-electron chi connectivity index (χ1n) is 19.2. The number of fused-ring (bicyclic) bond motifs is 6. The molecule has 12 heteroatoms. The molecule has 4 aromatic heterocycles. The summed E-state index contributed by atoms with van der Waals surface area (Å²) >= 11 is 0. The van der Waals surface area contributed by atoms with Crippen molar-refractivity contribution in [2.75, 3.05) is 0 Å². The first-order valence-corrected chi connectivity index (χ1v) is 19.2. The molecule has 0 aliphatic rings. The largest absolute Gasteiger partial charge is 0.417 e. The molecule has 0 unspecified atom stereocenters. The summed E-state index contributed by atoms with van der Waals surface area (Å²) in [5, 5.41) is 14.8. The van der Waals surface area contributed by atoms with E-state index in [0.717, 1.165) is 60.8 Å². The number of nitriles is 1. The van der Waals surface area contributed by atoms with Crippen molar-refractivity contribution in [3.8, 4) is 51.3 Å². The van der Waals surface area contributed by atoms with E-state index in [4.69, 9.17) is 0 Å². The van der Waals surface area contributed by atoms with E-state index in [0.29, 0.717) is 51.9 Å². The van der Waals surface area contributed by atoms with Gasteiger partial charge in [0, 0.05) is 32.7 Å². The number of alkyl halides is 3. The highest BCUT2D eigenvalue weighted by atomic mass is 19.4. The van der Waals surface area contributed by atoms with Gasteiger partial charge in [0.25, 0.3) is 0 Å². The van der Waals surface area contributed by atoms with Gasteiger partial charge in [-0.25, -0.2) is 29.9 Å². The van der Waals surface area contributed by atoms with Crippen LogP contribution in [0.2, 0.25) is 0 Å². The quantitative estimate of drug-likeness (QED) is 0.171. The van der Waals surface area contributed by atoms with Crippen LogP contribution < -0.4 is 0 Å². The second-order valence-corrected chi connectivity index (χ2v) is 14.7. The third-order valence-corrected chi connectivity index (χ3v) is 10.8. The molecule has 60 heavy (non-hydrogen) atoms. The number of hydrogen-bond donors (Lipinski definition) is 0. The maximum Gasteiger partial charge on any atom is 0.417 e. The number of benzene rings is 6. The van der Waals surface area contributed by atoms with Crippen LogP contribution in [0.15, 0.2) is 121 Å². The molecule has 0 bridgehead atoms. The standard InChI is InChI=1S/C48H32F3N9/c1-26-53-27(2)56-46(55-26)30-17-19-42-36(21-30)34-12-6-9-15-40(34)59(42)44-23-32(33-11-5-8-14-39(33)48(49,50)51)24-45(38(44)25-52)60-41-16-10-7-13-35(41)37-22-31(18-20-43(37)60)47-57-28(3)54-29(4)58-47/h5-24H,1-4H3. The van der Waals surface area contributed by atoms with Crippen LogP contribution in [0.1, 0.15) is 34.4 Å². The van der Waals surface area contributed by atoms with Crippen LogP contribution in [0.5, 0.6) is 0 Å². The second-order valence-electron chi connectivity index (χ2n) is 14.7. The average Bonchev–Trinajstić information content (AvgIpc) is 3.74. The van der Waals surface area contributed by atoms with Gasteiger partial charge in [-0.3, -0.25) is 0 Å². The van der Waals surface area contributed by atoms with Crippen molar-refractivity contribution in [3.05, 3.63) is 156 Å². The molecule has 0 amide bonds. The van der Waals surface area contributed by atoms with Gasteiger partial charge in [0.15, 0.2) is 11.6 Å². The molecule has 0 aliphatic heterocycles. The predicted octanol–water partition coefficient (Wildman–Crippen LogP) is 11.4. The minimum Gasteiger partial charge on any atom is -0.308 e. The first kappa shape index (κ1) is 36.6. The van der Waals surface area contributed by atoms with Gasteiger partial charge in [0.05, 0.1) is 39.0 Å². The summed E-state index contributed by atoms with van der Waals surface area (Å²) in [5.74, 6) is 3.44. The maximum atomic E-state index is 14.8. The Balaban J connectivity index is 1.31. The second kappa shape index (κ2) is 13.7. The van der Waals surface area contributed by atoms with Crippen molar-refractivity contribution >= 4 is 43.6 Å². The summed E-state index contributed by atoms with van der Waals surface area (Å²) < 4.78 is 48.4. The zero-order valence-corrected chi connectivity index (χ0v) is 32.7. The topological polar surface area (TPSA) is 111 Å². The zero-order valence-electron chi connectivity index (χ0n) is 32.7. The molecule has 10 rings (SSSR count). The van der Waals surface area contributed by atoms with Crippen LogP contribution in [0.3, 0.4) is 0 Å². The molecule has 0 saturated heterocycles. The van der Waals surface area contributed by atoms with E-state index >= 15 is 0 Å². The van der Waals surface area contributed by atoms with E-state index in [1.165, 1.54) is 12.1 Å². The van der Waals surface area contributed by atoms with Crippen LogP contribution in [0.25, 0.3) is 88.9 Å². The highest BCUT2D eigenvalue weighted by molar-refractivity contribution is 6.12. The summed E-state index contributed by atoms with van der Waals surface area (Å²) in [6.45, 7) is 7.28. The summed E-state index contributed by atoms with van der Waals surface area (Å²) in [4.78, 5) is 27.1. The Morgan fingerprint density at radius 3 is 1.33 bits per heavy atom. The van der Waals surface area contributed by atoms with E-state index in [1.807, 2.05) is 122 Å². The van der Waals surface area contributed by atoms with Crippen LogP contribution in [-0.2, 0) is 6.18 Å². The average molecular weight is 792 g/mol. The lowest BCUT2D eigenvalue weighted by atomic mass is 9.96. The molecule has 0 N–H and O–H groups in total. The molecule has 9 nitrogen and oxygen atoms in total. The highest BCUT2D eigenvalue weighted by Gasteiger charge is 2.34. The SMILES string of the molecule is Cc1nc(C)nc(-c2ccc3c(c2)c2ccccc2n3-c2cc(-c3ccccc3C(F)(F)F)cc(-n3c4ccccc4c4cc(-c5nc(C)nc(C)n5)ccc43)c2C#N)n1.